The highest BCUT2D eigenvalue weighted by Crippen LogP contribution is 2.34. The molecule has 0 aliphatic carbocycles. The first-order valence-corrected chi connectivity index (χ1v) is 14.1. The minimum Gasteiger partial charge on any atom is -0.494 e. The molecule has 2 heterocycles. The van der Waals surface area contributed by atoms with Crippen LogP contribution in [0, 0.1) is 0 Å². The maximum atomic E-state index is 12.9. The molecular formula is C31H34BrN3O2. The van der Waals surface area contributed by atoms with Crippen molar-refractivity contribution in [2.45, 2.75) is 57.9 Å². The van der Waals surface area contributed by atoms with Gasteiger partial charge < -0.3 is 14.2 Å². The van der Waals surface area contributed by atoms with Crippen LogP contribution in [-0.2, 0) is 11.3 Å². The highest BCUT2D eigenvalue weighted by molar-refractivity contribution is 9.10. The van der Waals surface area contributed by atoms with Crippen molar-refractivity contribution < 1.29 is 9.53 Å². The van der Waals surface area contributed by atoms with Gasteiger partial charge in [-0.05, 0) is 79.3 Å². The molecular weight excluding hydrogens is 526 g/mol. The van der Waals surface area contributed by atoms with Gasteiger partial charge >= 0.3 is 0 Å². The number of aromatic nitrogens is 2. The summed E-state index contributed by atoms with van der Waals surface area (Å²) in [6, 6.07) is 24.7. The van der Waals surface area contributed by atoms with Gasteiger partial charge in [-0.25, -0.2) is 4.98 Å². The molecule has 1 fully saturated rings. The molecule has 1 amide bonds. The lowest BCUT2D eigenvalue weighted by Crippen LogP contribution is -2.24. The topological polar surface area (TPSA) is 47.4 Å². The molecule has 1 aliphatic heterocycles. The van der Waals surface area contributed by atoms with Crippen LogP contribution in [0.25, 0.3) is 11.0 Å². The maximum absolute atomic E-state index is 12.9. The number of nitrogens with zero attached hydrogens (tertiary/aromatic N) is 3. The fourth-order valence-corrected chi connectivity index (χ4v) is 5.35. The van der Waals surface area contributed by atoms with Crippen molar-refractivity contribution in [3.63, 3.8) is 0 Å². The normalized spacial score (nSPS) is 16.5. The van der Waals surface area contributed by atoms with Gasteiger partial charge in [-0.3, -0.25) is 4.79 Å². The molecule has 6 heteroatoms. The molecule has 192 valence electrons. The number of hydrogen-bond acceptors (Lipinski definition) is 3. The van der Waals surface area contributed by atoms with Gasteiger partial charge in [0.1, 0.15) is 11.6 Å². The van der Waals surface area contributed by atoms with E-state index in [-0.39, 0.29) is 11.8 Å². The summed E-state index contributed by atoms with van der Waals surface area (Å²) in [7, 11) is 0. The number of imidazole rings is 1. The van der Waals surface area contributed by atoms with Gasteiger partial charge in [0.15, 0.2) is 0 Å². The van der Waals surface area contributed by atoms with Crippen LogP contribution < -0.4 is 9.64 Å². The van der Waals surface area contributed by atoms with E-state index in [9.17, 15) is 4.79 Å². The number of halogens is 1. The predicted octanol–water partition coefficient (Wildman–Crippen LogP) is 7.69. The molecule has 0 N–H and O–H groups in total. The lowest BCUT2D eigenvalue weighted by molar-refractivity contribution is -0.117. The van der Waals surface area contributed by atoms with Crippen LogP contribution in [0.3, 0.4) is 0 Å². The first-order valence-electron chi connectivity index (χ1n) is 13.3. The number of rotatable bonds is 10. The van der Waals surface area contributed by atoms with Gasteiger partial charge in [-0.15, -0.1) is 0 Å². The van der Waals surface area contributed by atoms with Crippen LogP contribution in [0.1, 0.15) is 62.8 Å². The van der Waals surface area contributed by atoms with Gasteiger partial charge in [0, 0.05) is 35.6 Å². The predicted molar refractivity (Wildman–Crippen MR) is 153 cm³/mol. The number of unbranched alkanes of at least 4 members (excludes halogenated alkanes) is 1. The van der Waals surface area contributed by atoms with E-state index in [0.29, 0.717) is 25.5 Å². The number of anilines is 1. The Kier molecular flexibility index (Phi) is 7.94. The summed E-state index contributed by atoms with van der Waals surface area (Å²) in [5.74, 6) is 2.74. The van der Waals surface area contributed by atoms with Crippen molar-refractivity contribution in [3.05, 3.63) is 88.7 Å². The summed E-state index contributed by atoms with van der Waals surface area (Å²) >= 11 is 3.48. The Morgan fingerprint density at radius 1 is 1.03 bits per heavy atom. The maximum Gasteiger partial charge on any atom is 0.227 e. The van der Waals surface area contributed by atoms with Crippen molar-refractivity contribution in [1.29, 1.82) is 0 Å². The lowest BCUT2D eigenvalue weighted by Gasteiger charge is -2.17. The average Bonchev–Trinajstić information content (AvgIpc) is 3.49. The highest BCUT2D eigenvalue weighted by Gasteiger charge is 2.34. The van der Waals surface area contributed by atoms with Gasteiger partial charge in [0.05, 0.1) is 17.6 Å². The van der Waals surface area contributed by atoms with E-state index < -0.39 is 0 Å². The van der Waals surface area contributed by atoms with Crippen molar-refractivity contribution in [2.24, 2.45) is 0 Å². The quantitative estimate of drug-likeness (QED) is 0.187. The Morgan fingerprint density at radius 2 is 1.78 bits per heavy atom. The average molecular weight is 561 g/mol. The zero-order valence-electron chi connectivity index (χ0n) is 21.6. The molecule has 3 aromatic carbocycles. The second-order valence-electron chi connectivity index (χ2n) is 9.93. The number of hydrogen-bond donors (Lipinski definition) is 0. The third-order valence-electron chi connectivity index (χ3n) is 7.42. The third-order valence-corrected chi connectivity index (χ3v) is 7.95. The van der Waals surface area contributed by atoms with E-state index in [0.717, 1.165) is 58.6 Å². The van der Waals surface area contributed by atoms with Crippen LogP contribution >= 0.6 is 15.9 Å². The summed E-state index contributed by atoms with van der Waals surface area (Å²) in [5.41, 5.74) is 4.42. The molecule has 2 unspecified atom stereocenters. The number of aryl methyl sites for hydroxylation is 1. The lowest BCUT2D eigenvalue weighted by atomic mass is 9.99. The smallest absolute Gasteiger partial charge is 0.227 e. The molecule has 2 atom stereocenters. The van der Waals surface area contributed by atoms with Crippen LogP contribution in [0.2, 0.25) is 0 Å². The van der Waals surface area contributed by atoms with Crippen LogP contribution in [0.5, 0.6) is 5.75 Å². The molecule has 4 aromatic rings. The Morgan fingerprint density at radius 3 is 2.54 bits per heavy atom. The third kappa shape index (κ3) is 5.74. The van der Waals surface area contributed by atoms with Crippen LogP contribution in [0.4, 0.5) is 5.69 Å². The van der Waals surface area contributed by atoms with Gasteiger partial charge in [0.25, 0.3) is 0 Å². The van der Waals surface area contributed by atoms with Gasteiger partial charge in [-0.1, -0.05) is 54.0 Å². The minimum absolute atomic E-state index is 0.0730. The van der Waals surface area contributed by atoms with Crippen molar-refractivity contribution in [3.8, 4) is 5.75 Å². The number of carbonyl (C=O) groups excluding carboxylic acids is 1. The fraction of sp³-hybridized carbons (Fsp3) is 0.355. The molecule has 1 aromatic heterocycles. The number of ether oxygens (including phenoxy) is 1. The number of carbonyl (C=O) groups is 1. The number of fused-ring (bicyclic) bond motifs is 1. The Bertz CT molecular complexity index is 1350. The summed E-state index contributed by atoms with van der Waals surface area (Å²) in [5, 5.41) is 0. The number of para-hydroxylation sites is 2. The van der Waals surface area contributed by atoms with E-state index in [4.69, 9.17) is 9.72 Å². The molecule has 0 spiro atoms. The zero-order valence-corrected chi connectivity index (χ0v) is 23.2. The van der Waals surface area contributed by atoms with Gasteiger partial charge in [-0.2, -0.15) is 0 Å². The molecule has 1 aliphatic rings. The Balaban J connectivity index is 1.23. The van der Waals surface area contributed by atoms with E-state index in [1.807, 2.05) is 35.2 Å². The summed E-state index contributed by atoms with van der Waals surface area (Å²) < 4.78 is 9.34. The number of benzene rings is 3. The molecule has 5 rings (SSSR count). The fourth-order valence-electron chi connectivity index (χ4n) is 5.08. The van der Waals surface area contributed by atoms with Crippen LogP contribution in [-0.4, -0.2) is 28.6 Å². The standard InChI is InChI=1S/C31H34BrN3O2/c1-3-22(2)23-10-16-27(17-11-23)37-19-7-6-18-34-29-9-5-4-8-28(29)33-31(34)24-20-30(36)35(21-24)26-14-12-25(32)13-15-26/h4-5,8-17,22,24H,3,6-7,18-21H2,1-2H3. The first kappa shape index (κ1) is 25.5. The second kappa shape index (κ2) is 11.5. The first-order chi connectivity index (χ1) is 18.0. The van der Waals surface area contributed by atoms with Crippen molar-refractivity contribution in [1.82, 2.24) is 9.55 Å². The monoisotopic (exact) mass is 559 g/mol. The van der Waals surface area contributed by atoms with E-state index in [2.05, 4.69) is 76.8 Å². The SMILES string of the molecule is CCC(C)c1ccc(OCCCCn2c(C3CC(=O)N(c4ccc(Br)cc4)C3)nc3ccccc32)cc1. The largest absolute Gasteiger partial charge is 0.494 e. The molecule has 1 saturated heterocycles. The Hall–Kier alpha value is -3.12. The van der Waals surface area contributed by atoms with E-state index in [1.54, 1.807) is 0 Å². The highest BCUT2D eigenvalue weighted by atomic mass is 79.9. The molecule has 0 saturated carbocycles. The minimum atomic E-state index is 0.0730. The van der Waals surface area contributed by atoms with Crippen molar-refractivity contribution >= 4 is 38.6 Å². The molecule has 0 radical (unpaired) electrons. The molecule has 5 nitrogen and oxygen atoms in total. The summed E-state index contributed by atoms with van der Waals surface area (Å²) in [6.07, 6.45) is 3.56. The molecule has 37 heavy (non-hydrogen) atoms. The Labute approximate surface area is 227 Å². The summed E-state index contributed by atoms with van der Waals surface area (Å²) in [4.78, 5) is 19.8. The zero-order chi connectivity index (χ0) is 25.8. The second-order valence-corrected chi connectivity index (χ2v) is 10.8. The van der Waals surface area contributed by atoms with E-state index in [1.165, 1.54) is 5.56 Å². The van der Waals surface area contributed by atoms with E-state index >= 15 is 0 Å². The number of amides is 1. The van der Waals surface area contributed by atoms with Gasteiger partial charge in [0.2, 0.25) is 5.91 Å². The summed E-state index contributed by atoms with van der Waals surface area (Å²) in [6.45, 7) is 6.66. The van der Waals surface area contributed by atoms with Crippen LogP contribution in [0.15, 0.2) is 77.3 Å². The van der Waals surface area contributed by atoms with Crippen molar-refractivity contribution in [2.75, 3.05) is 18.1 Å². The molecule has 0 bridgehead atoms.